The zero-order chi connectivity index (χ0) is 31.0. The van der Waals surface area contributed by atoms with Crippen molar-refractivity contribution in [3.05, 3.63) is 64.2 Å². The molecule has 6 rings (SSSR count). The molecule has 2 atom stereocenters. The maximum atomic E-state index is 14.4. The molecule has 1 aliphatic carbocycles. The van der Waals surface area contributed by atoms with Crippen LogP contribution >= 0.6 is 0 Å². The summed E-state index contributed by atoms with van der Waals surface area (Å²) in [4.78, 5) is 19.8. The third-order valence-corrected chi connectivity index (χ3v) is 8.98. The molecule has 44 heavy (non-hydrogen) atoms. The summed E-state index contributed by atoms with van der Waals surface area (Å²) in [5.74, 6) is 1.16. The molecular formula is C31H35F3N8O2. The van der Waals surface area contributed by atoms with Crippen molar-refractivity contribution in [1.82, 2.24) is 25.1 Å². The van der Waals surface area contributed by atoms with Crippen LogP contribution in [0.25, 0.3) is 0 Å². The third kappa shape index (κ3) is 5.88. The van der Waals surface area contributed by atoms with E-state index < -0.39 is 17.6 Å². The Morgan fingerprint density at radius 2 is 1.98 bits per heavy atom. The van der Waals surface area contributed by atoms with Crippen LogP contribution in [0.4, 0.5) is 24.8 Å². The molecular weight excluding hydrogens is 573 g/mol. The predicted octanol–water partition coefficient (Wildman–Crippen LogP) is 4.94. The van der Waals surface area contributed by atoms with Crippen molar-refractivity contribution in [1.29, 1.82) is 5.26 Å². The number of fused-ring (bicyclic) bond motifs is 1. The monoisotopic (exact) mass is 608 g/mol. The predicted molar refractivity (Wildman–Crippen MR) is 156 cm³/mol. The number of anilines is 2. The van der Waals surface area contributed by atoms with E-state index in [4.69, 9.17) is 10.00 Å². The molecule has 2 aliphatic heterocycles. The van der Waals surface area contributed by atoms with E-state index in [-0.39, 0.29) is 47.8 Å². The number of pyridine rings is 1. The van der Waals surface area contributed by atoms with Crippen LogP contribution in [0.15, 0.2) is 30.6 Å². The van der Waals surface area contributed by atoms with E-state index in [1.165, 1.54) is 17.4 Å². The van der Waals surface area contributed by atoms with Gasteiger partial charge >= 0.3 is 6.18 Å². The number of rotatable bonds is 11. The van der Waals surface area contributed by atoms with Crippen molar-refractivity contribution in [2.75, 3.05) is 36.5 Å². The fraction of sp³-hybridized carbons (Fsp3) is 0.516. The van der Waals surface area contributed by atoms with Crippen molar-refractivity contribution >= 4 is 17.5 Å². The molecule has 13 heteroatoms. The van der Waals surface area contributed by atoms with E-state index in [9.17, 15) is 18.0 Å². The van der Waals surface area contributed by atoms with E-state index in [1.807, 2.05) is 24.6 Å². The number of aryl methyl sites for hydroxylation is 1. The molecule has 0 bridgehead atoms. The number of nitriles is 1. The van der Waals surface area contributed by atoms with Gasteiger partial charge in [0.2, 0.25) is 0 Å². The Balaban J connectivity index is 1.38. The van der Waals surface area contributed by atoms with E-state index in [0.29, 0.717) is 42.9 Å². The number of aromatic nitrogens is 4. The highest BCUT2D eigenvalue weighted by atomic mass is 19.4. The largest absolute Gasteiger partial charge is 0.416 e. The summed E-state index contributed by atoms with van der Waals surface area (Å²) in [5, 5.41) is 23.9. The summed E-state index contributed by atoms with van der Waals surface area (Å²) in [6.07, 6.45) is 0.620. The molecule has 3 aromatic rings. The van der Waals surface area contributed by atoms with Crippen LogP contribution in [0.2, 0.25) is 0 Å². The van der Waals surface area contributed by atoms with E-state index >= 15 is 0 Å². The van der Waals surface area contributed by atoms with Crippen molar-refractivity contribution in [2.45, 2.75) is 57.3 Å². The summed E-state index contributed by atoms with van der Waals surface area (Å²) >= 11 is 0. The van der Waals surface area contributed by atoms with Crippen molar-refractivity contribution in [2.24, 2.45) is 18.9 Å². The van der Waals surface area contributed by atoms with Crippen molar-refractivity contribution < 1.29 is 22.7 Å². The topological polar surface area (TPSA) is 121 Å². The fourth-order valence-corrected chi connectivity index (χ4v) is 6.12. The highest BCUT2D eigenvalue weighted by Gasteiger charge is 2.42. The zero-order valence-corrected chi connectivity index (χ0v) is 24.7. The van der Waals surface area contributed by atoms with Crippen LogP contribution in [-0.4, -0.2) is 52.0 Å². The Hall–Kier alpha value is -4.02. The van der Waals surface area contributed by atoms with Crippen LogP contribution in [0.5, 0.6) is 0 Å². The van der Waals surface area contributed by atoms with E-state index in [0.717, 1.165) is 24.9 Å². The molecule has 1 saturated carbocycles. The number of nitrogens with zero attached hydrogens (tertiary/aromatic N) is 6. The molecule has 232 valence electrons. The molecule has 1 saturated heterocycles. The molecule has 2 N–H and O–H groups in total. The number of carbonyl (C=O) groups excluding carboxylic acids is 1. The van der Waals surface area contributed by atoms with E-state index in [2.05, 4.69) is 31.9 Å². The molecule has 2 fully saturated rings. The Morgan fingerprint density at radius 3 is 2.59 bits per heavy atom. The standard InChI is InChI=1S/C31H35F3N8O2/c1-18(37-13-19-5-3-6-19)20-9-23-24(25(10-20)31(32,33)34)14-42(30(23)43)27-12-21(11-26(39-27)36-8-4-7-35)28(22-15-44-16-22)29-40-38-17-41(29)2/h9-12,17-19,22,28,37H,3-6,8,13-16H2,1-2H3,(H,36,39)/t18-,28?/m0/s1. The number of alkyl halides is 3. The van der Waals surface area contributed by atoms with Crippen LogP contribution in [-0.2, 0) is 24.5 Å². The molecule has 4 heterocycles. The molecule has 1 unspecified atom stereocenters. The normalized spacial score (nSPS) is 18.4. The molecule has 2 aromatic heterocycles. The Bertz CT molecular complexity index is 1570. The summed E-state index contributed by atoms with van der Waals surface area (Å²) in [6.45, 7) is 3.63. The lowest BCUT2D eigenvalue weighted by Gasteiger charge is -2.34. The first-order valence-corrected chi connectivity index (χ1v) is 15.0. The number of hydrogen-bond acceptors (Lipinski definition) is 8. The number of benzene rings is 1. The number of amides is 1. The third-order valence-electron chi connectivity index (χ3n) is 8.98. The maximum absolute atomic E-state index is 14.4. The van der Waals surface area contributed by atoms with Crippen LogP contribution in [0.1, 0.15) is 83.0 Å². The molecule has 1 aromatic carbocycles. The van der Waals surface area contributed by atoms with E-state index in [1.54, 1.807) is 18.5 Å². The average Bonchev–Trinajstić information content (AvgIpc) is 3.51. The lowest BCUT2D eigenvalue weighted by molar-refractivity contribution is -0.138. The van der Waals surface area contributed by atoms with Crippen molar-refractivity contribution in [3.63, 3.8) is 0 Å². The van der Waals surface area contributed by atoms with Gasteiger partial charge in [-0.15, -0.1) is 10.2 Å². The summed E-state index contributed by atoms with van der Waals surface area (Å²) < 4.78 is 50.6. The Kier molecular flexibility index (Phi) is 8.30. The first kappa shape index (κ1) is 30.0. The summed E-state index contributed by atoms with van der Waals surface area (Å²) in [5.41, 5.74) is 0.383. The van der Waals surface area contributed by atoms with Gasteiger partial charge in [-0.25, -0.2) is 4.98 Å². The lowest BCUT2D eigenvalue weighted by atomic mass is 9.84. The molecule has 0 spiro atoms. The van der Waals surface area contributed by atoms with Crippen molar-refractivity contribution in [3.8, 4) is 6.07 Å². The second-order valence-electron chi connectivity index (χ2n) is 12.0. The van der Waals surface area contributed by atoms with Gasteiger partial charge in [0.05, 0.1) is 43.7 Å². The molecule has 1 amide bonds. The van der Waals surface area contributed by atoms with Gasteiger partial charge in [0.1, 0.15) is 23.8 Å². The van der Waals surface area contributed by atoms with Gasteiger partial charge in [0, 0.05) is 31.1 Å². The number of carbonyl (C=O) groups is 1. The SMILES string of the molecule is C[C@H](NCC1CCC1)c1cc2c(c(C(F)(F)F)c1)CN(c1cc(C(c3nncn3C)C3COC3)cc(NCCC#N)n1)C2=O. The highest BCUT2D eigenvalue weighted by molar-refractivity contribution is 6.10. The Morgan fingerprint density at radius 1 is 1.18 bits per heavy atom. The highest BCUT2D eigenvalue weighted by Crippen LogP contribution is 2.42. The molecule has 3 aliphatic rings. The van der Waals surface area contributed by atoms with Gasteiger partial charge in [-0.3, -0.25) is 9.69 Å². The number of hydrogen-bond donors (Lipinski definition) is 2. The molecule has 10 nitrogen and oxygen atoms in total. The first-order valence-electron chi connectivity index (χ1n) is 15.0. The van der Waals surface area contributed by atoms with Gasteiger partial charge in [0.15, 0.2) is 0 Å². The minimum absolute atomic E-state index is 0.0376. The van der Waals surface area contributed by atoms with Gasteiger partial charge in [-0.2, -0.15) is 18.4 Å². The fourth-order valence-electron chi connectivity index (χ4n) is 6.12. The second-order valence-corrected chi connectivity index (χ2v) is 12.0. The summed E-state index contributed by atoms with van der Waals surface area (Å²) in [6, 6.07) is 8.08. The molecule has 0 radical (unpaired) electrons. The summed E-state index contributed by atoms with van der Waals surface area (Å²) in [7, 11) is 1.84. The van der Waals surface area contributed by atoms with Gasteiger partial charge in [0.25, 0.3) is 5.91 Å². The second kappa shape index (κ2) is 12.2. The minimum Gasteiger partial charge on any atom is -0.381 e. The number of nitrogens with one attached hydrogen (secondary N) is 2. The first-order chi connectivity index (χ1) is 21.1. The minimum atomic E-state index is -4.64. The average molecular weight is 609 g/mol. The Labute approximate surface area is 253 Å². The maximum Gasteiger partial charge on any atom is 0.416 e. The van der Waals surface area contributed by atoms with Gasteiger partial charge in [-0.1, -0.05) is 6.42 Å². The quantitative estimate of drug-likeness (QED) is 0.294. The van der Waals surface area contributed by atoms with Crippen LogP contribution in [0.3, 0.4) is 0 Å². The zero-order valence-electron chi connectivity index (χ0n) is 24.7. The number of halogens is 3. The lowest BCUT2D eigenvalue weighted by Crippen LogP contribution is -2.35. The van der Waals surface area contributed by atoms with Gasteiger partial charge in [-0.05, 0) is 73.2 Å². The van der Waals surface area contributed by atoms with Gasteiger partial charge < -0.3 is 19.9 Å². The van der Waals surface area contributed by atoms with Crippen LogP contribution < -0.4 is 15.5 Å². The number of ether oxygens (including phenoxy) is 1. The smallest absolute Gasteiger partial charge is 0.381 e. The van der Waals surface area contributed by atoms with Crippen LogP contribution in [0, 0.1) is 23.2 Å².